The number of hydrogen-bond acceptors (Lipinski definition) is 2. The predicted octanol–water partition coefficient (Wildman–Crippen LogP) is 4.02. The smallest absolute Gasteiger partial charge is 0.264 e. The van der Waals surface area contributed by atoms with Crippen LogP contribution in [0.3, 0.4) is 0 Å². The van der Waals surface area contributed by atoms with Crippen molar-refractivity contribution in [1.29, 1.82) is 0 Å². The van der Waals surface area contributed by atoms with Gasteiger partial charge in [0.15, 0.2) is 0 Å². The lowest BCUT2D eigenvalue weighted by molar-refractivity contribution is 1.11. The van der Waals surface area contributed by atoms with Crippen molar-refractivity contribution in [3.63, 3.8) is 0 Å². The van der Waals surface area contributed by atoms with E-state index in [-0.39, 0.29) is 5.56 Å². The van der Waals surface area contributed by atoms with Crippen LogP contribution in [0.5, 0.6) is 0 Å². The lowest BCUT2D eigenvalue weighted by Gasteiger charge is -2.06. The number of allylic oxidation sites excluding steroid dienone is 3. The second kappa shape index (κ2) is 6.57. The summed E-state index contributed by atoms with van der Waals surface area (Å²) in [5.74, 6) is 0. The van der Waals surface area contributed by atoms with Crippen LogP contribution in [0.2, 0.25) is 0 Å². The van der Waals surface area contributed by atoms with Gasteiger partial charge in [-0.05, 0) is 23.8 Å². The van der Waals surface area contributed by atoms with Gasteiger partial charge in [-0.2, -0.15) is 0 Å². The second-order valence-corrected chi connectivity index (χ2v) is 5.44. The van der Waals surface area contributed by atoms with E-state index in [0.717, 1.165) is 16.2 Å². The highest BCUT2D eigenvalue weighted by Crippen LogP contribution is 2.18. The summed E-state index contributed by atoms with van der Waals surface area (Å²) >= 11 is 0. The quantitative estimate of drug-likeness (QED) is 0.664. The maximum Gasteiger partial charge on any atom is 0.264 e. The van der Waals surface area contributed by atoms with Crippen LogP contribution >= 0.6 is 0 Å². The fourth-order valence-corrected chi connectivity index (χ4v) is 3.04. The minimum atomic E-state index is -0.129. The maximum atomic E-state index is 13.1. The number of hydrogen-bond donors (Lipinski definition) is 0. The third kappa shape index (κ3) is 2.46. The van der Waals surface area contributed by atoms with Crippen molar-refractivity contribution in [2.45, 2.75) is 0 Å². The van der Waals surface area contributed by atoms with Crippen LogP contribution < -0.4 is 10.8 Å². The minimum Gasteiger partial charge on any atom is -0.268 e. The van der Waals surface area contributed by atoms with Gasteiger partial charge >= 0.3 is 0 Å². The zero-order valence-corrected chi connectivity index (χ0v) is 13.9. The molecule has 2 heterocycles. The Morgan fingerprint density at radius 1 is 1.04 bits per heavy atom. The summed E-state index contributed by atoms with van der Waals surface area (Å²) in [6, 6.07) is 5.60. The minimum absolute atomic E-state index is 0.129. The van der Waals surface area contributed by atoms with E-state index < -0.39 is 0 Å². The van der Waals surface area contributed by atoms with Gasteiger partial charge in [0.25, 0.3) is 5.56 Å². The predicted molar refractivity (Wildman–Crippen MR) is 108 cm³/mol. The topological polar surface area (TPSA) is 34.4 Å². The zero-order chi connectivity index (χ0) is 18.0. The third-order valence-electron chi connectivity index (χ3n) is 4.07. The molecular formula is C22H18N2O. The Balaban J connectivity index is 2.71. The molecule has 0 amide bonds. The Morgan fingerprint density at radius 2 is 1.84 bits per heavy atom. The molecule has 0 aliphatic carbocycles. The standard InChI is InChI=1S/C22H18N2O/c1-5-9-14-18-19(8-4)24-21(23-18)16(11-6-2)20-15(7-3)12-10-13-17(20)22(24)25/h5-14H,1-4H2/b14-9-,16-11+. The van der Waals surface area contributed by atoms with Crippen LogP contribution in [0, 0.1) is 0 Å². The monoisotopic (exact) mass is 326 g/mol. The van der Waals surface area contributed by atoms with Gasteiger partial charge in [0, 0.05) is 16.0 Å². The average Bonchev–Trinajstić information content (AvgIpc) is 3.01. The highest BCUT2D eigenvalue weighted by atomic mass is 16.1. The van der Waals surface area contributed by atoms with Crippen LogP contribution in [0.15, 0.2) is 67.5 Å². The van der Waals surface area contributed by atoms with E-state index in [1.165, 1.54) is 0 Å². The number of aromatic nitrogens is 2. The van der Waals surface area contributed by atoms with Crippen molar-refractivity contribution in [3.05, 3.63) is 95.3 Å². The van der Waals surface area contributed by atoms with Crippen LogP contribution in [-0.4, -0.2) is 9.38 Å². The maximum absolute atomic E-state index is 13.1. The highest BCUT2D eigenvalue weighted by molar-refractivity contribution is 5.94. The molecule has 0 saturated heterocycles. The number of nitrogens with zero attached hydrogens (tertiary/aromatic N) is 2. The van der Waals surface area contributed by atoms with E-state index in [2.05, 4.69) is 31.3 Å². The summed E-state index contributed by atoms with van der Waals surface area (Å²) in [6.45, 7) is 15.2. The number of imidazole rings is 1. The molecule has 3 nitrogen and oxygen atoms in total. The number of rotatable bonds is 5. The Bertz CT molecular complexity index is 1180. The molecule has 3 aromatic rings. The molecule has 0 N–H and O–H groups in total. The molecule has 0 unspecified atom stereocenters. The van der Waals surface area contributed by atoms with E-state index in [0.29, 0.717) is 22.4 Å². The Hall–Kier alpha value is -3.46. The zero-order valence-electron chi connectivity index (χ0n) is 13.9. The summed E-state index contributed by atoms with van der Waals surface area (Å²) in [6.07, 6.45) is 12.2. The molecule has 0 atom stereocenters. The first kappa shape index (κ1) is 16.4. The normalized spacial score (nSPS) is 12.1. The summed E-state index contributed by atoms with van der Waals surface area (Å²) in [7, 11) is 0. The van der Waals surface area contributed by atoms with E-state index in [4.69, 9.17) is 0 Å². The second-order valence-electron chi connectivity index (χ2n) is 5.44. The van der Waals surface area contributed by atoms with Gasteiger partial charge in [-0.3, -0.25) is 9.20 Å². The molecular weight excluding hydrogens is 308 g/mol. The summed E-state index contributed by atoms with van der Waals surface area (Å²) in [5, 5.41) is 2.27. The fraction of sp³-hybridized carbons (Fsp3) is 0. The molecule has 0 aliphatic heterocycles. The van der Waals surface area contributed by atoms with Gasteiger partial charge < -0.3 is 0 Å². The van der Waals surface area contributed by atoms with Crippen molar-refractivity contribution >= 4 is 40.7 Å². The Morgan fingerprint density at radius 3 is 2.48 bits per heavy atom. The molecule has 0 spiro atoms. The highest BCUT2D eigenvalue weighted by Gasteiger charge is 2.16. The molecule has 2 aromatic heterocycles. The molecule has 1 aromatic carbocycles. The first-order valence-electron chi connectivity index (χ1n) is 7.85. The van der Waals surface area contributed by atoms with Gasteiger partial charge in [0.1, 0.15) is 5.65 Å². The molecule has 0 radical (unpaired) electrons. The van der Waals surface area contributed by atoms with E-state index in [9.17, 15) is 4.79 Å². The third-order valence-corrected chi connectivity index (χ3v) is 4.07. The molecule has 0 bridgehead atoms. The lowest BCUT2D eigenvalue weighted by atomic mass is 10.0. The van der Waals surface area contributed by atoms with Gasteiger partial charge in [0.2, 0.25) is 0 Å². The lowest BCUT2D eigenvalue weighted by Crippen LogP contribution is -2.22. The molecule has 0 aliphatic rings. The molecule has 25 heavy (non-hydrogen) atoms. The van der Waals surface area contributed by atoms with Crippen molar-refractivity contribution in [3.8, 4) is 0 Å². The van der Waals surface area contributed by atoms with Crippen LogP contribution in [0.1, 0.15) is 17.0 Å². The average molecular weight is 326 g/mol. The molecule has 3 rings (SSSR count). The molecule has 0 saturated carbocycles. The van der Waals surface area contributed by atoms with E-state index >= 15 is 0 Å². The number of pyridine rings is 1. The molecule has 3 heteroatoms. The Labute approximate surface area is 145 Å². The SMILES string of the molecule is C=C/C=C\c1nc2/c(=C/C=C)c3c(C=C)cccc3c(=O)n2c1C=C. The van der Waals surface area contributed by atoms with Gasteiger partial charge in [0.05, 0.1) is 11.4 Å². The van der Waals surface area contributed by atoms with E-state index in [1.54, 1.807) is 34.8 Å². The number of fused-ring (bicyclic) bond motifs is 2. The van der Waals surface area contributed by atoms with Crippen LogP contribution in [0.4, 0.5) is 0 Å². The van der Waals surface area contributed by atoms with Crippen molar-refractivity contribution in [2.75, 3.05) is 0 Å². The molecule has 122 valence electrons. The van der Waals surface area contributed by atoms with Crippen LogP contribution in [0.25, 0.3) is 40.7 Å². The van der Waals surface area contributed by atoms with Gasteiger partial charge in [-0.25, -0.2) is 4.98 Å². The first-order chi connectivity index (χ1) is 12.2. The summed E-state index contributed by atoms with van der Waals surface area (Å²) < 4.78 is 1.60. The Kier molecular flexibility index (Phi) is 4.31. The van der Waals surface area contributed by atoms with Gasteiger partial charge in [-0.1, -0.05) is 68.8 Å². The fourth-order valence-electron chi connectivity index (χ4n) is 3.04. The van der Waals surface area contributed by atoms with Crippen molar-refractivity contribution < 1.29 is 0 Å². The van der Waals surface area contributed by atoms with Crippen molar-refractivity contribution in [1.82, 2.24) is 9.38 Å². The van der Waals surface area contributed by atoms with E-state index in [1.807, 2.05) is 30.4 Å². The first-order valence-corrected chi connectivity index (χ1v) is 7.85. The molecule has 0 fully saturated rings. The van der Waals surface area contributed by atoms with Crippen molar-refractivity contribution in [2.24, 2.45) is 0 Å². The largest absolute Gasteiger partial charge is 0.268 e. The summed E-state index contributed by atoms with van der Waals surface area (Å²) in [5.41, 5.74) is 2.65. The van der Waals surface area contributed by atoms with Gasteiger partial charge in [-0.15, -0.1) is 0 Å². The summed E-state index contributed by atoms with van der Waals surface area (Å²) in [4.78, 5) is 17.8. The number of benzene rings is 1. The van der Waals surface area contributed by atoms with Crippen LogP contribution in [-0.2, 0) is 0 Å².